The van der Waals surface area contributed by atoms with Gasteiger partial charge in [0.05, 0.1) is 20.3 Å². The summed E-state index contributed by atoms with van der Waals surface area (Å²) >= 11 is 0. The van der Waals surface area contributed by atoms with Gasteiger partial charge in [0.15, 0.2) is 0 Å². The normalized spacial score (nSPS) is 10.5. The SMILES string of the molecule is CCOC(=O)C=Cc1ccc(OC)c(CO)c1. The standard InChI is InChI=1S/C13H16O4/c1-3-17-13(15)7-5-10-4-6-12(16-2)11(8-10)9-14/h4-8,14H,3,9H2,1-2H3. The number of aliphatic hydroxyl groups excluding tert-OH is 1. The van der Waals surface area contributed by atoms with Gasteiger partial charge in [-0.05, 0) is 30.7 Å². The van der Waals surface area contributed by atoms with Crippen molar-refractivity contribution in [3.05, 3.63) is 35.4 Å². The van der Waals surface area contributed by atoms with Crippen LogP contribution in [0.3, 0.4) is 0 Å². The lowest BCUT2D eigenvalue weighted by Crippen LogP contribution is -1.98. The number of carbonyl (C=O) groups is 1. The van der Waals surface area contributed by atoms with Crippen molar-refractivity contribution in [2.75, 3.05) is 13.7 Å². The minimum Gasteiger partial charge on any atom is -0.496 e. The van der Waals surface area contributed by atoms with Gasteiger partial charge in [0.1, 0.15) is 5.75 Å². The van der Waals surface area contributed by atoms with E-state index in [-0.39, 0.29) is 12.6 Å². The third-order valence-electron chi connectivity index (χ3n) is 2.17. The number of rotatable bonds is 5. The van der Waals surface area contributed by atoms with Crippen LogP contribution < -0.4 is 4.74 Å². The van der Waals surface area contributed by atoms with E-state index >= 15 is 0 Å². The molecule has 17 heavy (non-hydrogen) atoms. The first-order valence-electron chi connectivity index (χ1n) is 5.33. The van der Waals surface area contributed by atoms with Crippen LogP contribution in [0.4, 0.5) is 0 Å². The van der Waals surface area contributed by atoms with Crippen LogP contribution in [0, 0.1) is 0 Å². The molecule has 0 heterocycles. The Labute approximate surface area is 100 Å². The van der Waals surface area contributed by atoms with Crippen LogP contribution >= 0.6 is 0 Å². The molecule has 0 saturated carbocycles. The van der Waals surface area contributed by atoms with Crippen molar-refractivity contribution in [3.63, 3.8) is 0 Å². The highest BCUT2D eigenvalue weighted by atomic mass is 16.5. The van der Waals surface area contributed by atoms with Gasteiger partial charge in [0, 0.05) is 11.6 Å². The summed E-state index contributed by atoms with van der Waals surface area (Å²) in [6, 6.07) is 5.30. The molecule has 0 unspecified atom stereocenters. The van der Waals surface area contributed by atoms with Gasteiger partial charge in [0.2, 0.25) is 0 Å². The molecule has 1 aromatic rings. The Kier molecular flexibility index (Phi) is 5.23. The van der Waals surface area contributed by atoms with Crippen LogP contribution in [0.25, 0.3) is 6.08 Å². The number of esters is 1. The molecule has 0 aliphatic heterocycles. The van der Waals surface area contributed by atoms with Crippen molar-refractivity contribution < 1.29 is 19.4 Å². The fourth-order valence-electron chi connectivity index (χ4n) is 1.38. The maximum atomic E-state index is 11.1. The second-order valence-corrected chi connectivity index (χ2v) is 3.31. The molecule has 1 rings (SSSR count). The van der Waals surface area contributed by atoms with Crippen molar-refractivity contribution in [3.8, 4) is 5.75 Å². The molecule has 0 saturated heterocycles. The molecule has 0 atom stereocenters. The van der Waals surface area contributed by atoms with Gasteiger partial charge in [-0.15, -0.1) is 0 Å². The van der Waals surface area contributed by atoms with Crippen LogP contribution in [-0.2, 0) is 16.1 Å². The van der Waals surface area contributed by atoms with E-state index in [0.29, 0.717) is 17.9 Å². The number of methoxy groups -OCH3 is 1. The number of ether oxygens (including phenoxy) is 2. The molecule has 0 aliphatic carbocycles. The Balaban J connectivity index is 2.82. The Morgan fingerprint density at radius 3 is 2.82 bits per heavy atom. The zero-order valence-electron chi connectivity index (χ0n) is 9.97. The van der Waals surface area contributed by atoms with E-state index in [1.54, 1.807) is 38.3 Å². The zero-order valence-corrected chi connectivity index (χ0v) is 9.97. The summed E-state index contributed by atoms with van der Waals surface area (Å²) in [5.41, 5.74) is 1.49. The van der Waals surface area contributed by atoms with Crippen LogP contribution in [0.15, 0.2) is 24.3 Å². The first kappa shape index (κ1) is 13.3. The van der Waals surface area contributed by atoms with Crippen molar-refractivity contribution in [1.82, 2.24) is 0 Å². The predicted molar refractivity (Wildman–Crippen MR) is 64.6 cm³/mol. The van der Waals surface area contributed by atoms with Crippen molar-refractivity contribution in [2.45, 2.75) is 13.5 Å². The fourth-order valence-corrected chi connectivity index (χ4v) is 1.38. The van der Waals surface area contributed by atoms with E-state index in [2.05, 4.69) is 0 Å². The van der Waals surface area contributed by atoms with E-state index in [1.165, 1.54) is 6.08 Å². The lowest BCUT2D eigenvalue weighted by molar-refractivity contribution is -0.137. The minimum absolute atomic E-state index is 0.107. The van der Waals surface area contributed by atoms with Gasteiger partial charge >= 0.3 is 5.97 Å². The lowest BCUT2D eigenvalue weighted by atomic mass is 10.1. The van der Waals surface area contributed by atoms with Gasteiger partial charge in [-0.25, -0.2) is 4.79 Å². The molecule has 4 heteroatoms. The molecule has 1 aromatic carbocycles. The third kappa shape index (κ3) is 3.92. The Morgan fingerprint density at radius 1 is 1.47 bits per heavy atom. The van der Waals surface area contributed by atoms with Crippen LogP contribution in [0.2, 0.25) is 0 Å². The molecular formula is C13H16O4. The fraction of sp³-hybridized carbons (Fsp3) is 0.308. The molecule has 4 nitrogen and oxygen atoms in total. The summed E-state index contributed by atoms with van der Waals surface area (Å²) in [6.07, 6.45) is 2.99. The molecule has 0 radical (unpaired) electrons. The van der Waals surface area contributed by atoms with E-state index in [4.69, 9.17) is 14.6 Å². The van der Waals surface area contributed by atoms with E-state index in [1.807, 2.05) is 0 Å². The number of carbonyl (C=O) groups excluding carboxylic acids is 1. The van der Waals surface area contributed by atoms with Crippen LogP contribution in [0.5, 0.6) is 5.75 Å². The first-order chi connectivity index (χ1) is 8.21. The van der Waals surface area contributed by atoms with Gasteiger partial charge in [0.25, 0.3) is 0 Å². The largest absolute Gasteiger partial charge is 0.496 e. The Bertz CT molecular complexity index is 410. The minimum atomic E-state index is -0.381. The first-order valence-corrected chi connectivity index (χ1v) is 5.33. The highest BCUT2D eigenvalue weighted by Crippen LogP contribution is 2.20. The predicted octanol–water partition coefficient (Wildman–Crippen LogP) is 1.76. The molecule has 92 valence electrons. The number of aliphatic hydroxyl groups is 1. The van der Waals surface area contributed by atoms with Crippen molar-refractivity contribution in [2.24, 2.45) is 0 Å². The molecule has 0 fully saturated rings. The molecule has 0 amide bonds. The van der Waals surface area contributed by atoms with Crippen molar-refractivity contribution >= 4 is 12.0 Å². The molecule has 0 aliphatic rings. The quantitative estimate of drug-likeness (QED) is 0.625. The summed E-state index contributed by atoms with van der Waals surface area (Å²) in [5.74, 6) is 0.245. The molecular weight excluding hydrogens is 220 g/mol. The maximum Gasteiger partial charge on any atom is 0.330 e. The summed E-state index contributed by atoms with van der Waals surface area (Å²) < 4.78 is 9.84. The van der Waals surface area contributed by atoms with Gasteiger partial charge < -0.3 is 14.6 Å². The average Bonchev–Trinajstić information content (AvgIpc) is 2.36. The molecule has 1 N–H and O–H groups in total. The highest BCUT2D eigenvalue weighted by molar-refractivity contribution is 5.87. The smallest absolute Gasteiger partial charge is 0.330 e. The van der Waals surface area contributed by atoms with Crippen LogP contribution in [-0.4, -0.2) is 24.8 Å². The molecule has 0 spiro atoms. The Hall–Kier alpha value is -1.81. The average molecular weight is 236 g/mol. The zero-order chi connectivity index (χ0) is 12.7. The van der Waals surface area contributed by atoms with E-state index in [9.17, 15) is 4.79 Å². The summed E-state index contributed by atoms with van der Waals surface area (Å²) in [6.45, 7) is 2.00. The Morgan fingerprint density at radius 2 is 2.24 bits per heavy atom. The maximum absolute atomic E-state index is 11.1. The monoisotopic (exact) mass is 236 g/mol. The highest BCUT2D eigenvalue weighted by Gasteiger charge is 2.02. The molecule has 0 aromatic heterocycles. The summed E-state index contributed by atoms with van der Waals surface area (Å²) in [7, 11) is 1.54. The second-order valence-electron chi connectivity index (χ2n) is 3.31. The number of hydrogen-bond donors (Lipinski definition) is 1. The topological polar surface area (TPSA) is 55.8 Å². The molecule has 0 bridgehead atoms. The van der Waals surface area contributed by atoms with E-state index in [0.717, 1.165) is 5.56 Å². The summed E-state index contributed by atoms with van der Waals surface area (Å²) in [5, 5.41) is 9.14. The summed E-state index contributed by atoms with van der Waals surface area (Å²) in [4.78, 5) is 11.1. The van der Waals surface area contributed by atoms with Gasteiger partial charge in [-0.3, -0.25) is 0 Å². The van der Waals surface area contributed by atoms with E-state index < -0.39 is 0 Å². The van der Waals surface area contributed by atoms with Gasteiger partial charge in [-0.2, -0.15) is 0 Å². The third-order valence-corrected chi connectivity index (χ3v) is 2.17. The lowest BCUT2D eigenvalue weighted by Gasteiger charge is -2.06. The van der Waals surface area contributed by atoms with Crippen molar-refractivity contribution in [1.29, 1.82) is 0 Å². The number of benzene rings is 1. The number of hydrogen-bond acceptors (Lipinski definition) is 4. The van der Waals surface area contributed by atoms with Crippen LogP contribution in [0.1, 0.15) is 18.1 Å². The second kappa shape index (κ2) is 6.70. The van der Waals surface area contributed by atoms with Gasteiger partial charge in [-0.1, -0.05) is 6.07 Å².